The van der Waals surface area contributed by atoms with Gasteiger partial charge in [0.05, 0.1) is 11.7 Å². The third-order valence-electron chi connectivity index (χ3n) is 2.32. The second-order valence-corrected chi connectivity index (χ2v) is 5.18. The van der Waals surface area contributed by atoms with E-state index in [0.717, 1.165) is 10.9 Å². The van der Waals surface area contributed by atoms with Gasteiger partial charge in [0.25, 0.3) is 5.91 Å². The molecule has 0 heterocycles. The van der Waals surface area contributed by atoms with Gasteiger partial charge >= 0.3 is 0 Å². The summed E-state index contributed by atoms with van der Waals surface area (Å²) < 4.78 is 6.25. The summed E-state index contributed by atoms with van der Waals surface area (Å²) in [6.07, 6.45) is 1.02. The van der Waals surface area contributed by atoms with Crippen LogP contribution >= 0.6 is 15.9 Å². The summed E-state index contributed by atoms with van der Waals surface area (Å²) in [6.45, 7) is 5.21. The van der Waals surface area contributed by atoms with Gasteiger partial charge in [-0.3, -0.25) is 4.79 Å². The molecule has 1 aromatic rings. The van der Waals surface area contributed by atoms with Crippen molar-refractivity contribution in [2.24, 2.45) is 0 Å². The molecule has 0 unspecified atom stereocenters. The molecule has 1 amide bonds. The highest BCUT2D eigenvalue weighted by atomic mass is 79.9. The van der Waals surface area contributed by atoms with Crippen LogP contribution in [0.2, 0.25) is 0 Å². The maximum atomic E-state index is 11.8. The average molecular weight is 315 g/mol. The second-order valence-electron chi connectivity index (χ2n) is 4.26. The number of nitrogen functional groups attached to an aromatic ring is 1. The van der Waals surface area contributed by atoms with Crippen LogP contribution in [0, 0.1) is 0 Å². The third-order valence-corrected chi connectivity index (χ3v) is 2.81. The van der Waals surface area contributed by atoms with Gasteiger partial charge in [-0.25, -0.2) is 0 Å². The van der Waals surface area contributed by atoms with Crippen LogP contribution in [-0.4, -0.2) is 25.2 Å². The van der Waals surface area contributed by atoms with E-state index in [1.54, 1.807) is 18.2 Å². The largest absolute Gasteiger partial charge is 0.398 e. The first-order valence-electron chi connectivity index (χ1n) is 5.95. The van der Waals surface area contributed by atoms with Gasteiger partial charge in [0.15, 0.2) is 0 Å². The molecule has 0 atom stereocenters. The zero-order chi connectivity index (χ0) is 13.5. The Labute approximate surface area is 116 Å². The van der Waals surface area contributed by atoms with Crippen LogP contribution in [0.25, 0.3) is 0 Å². The van der Waals surface area contributed by atoms with Crippen molar-refractivity contribution >= 4 is 27.5 Å². The first-order chi connectivity index (χ1) is 8.50. The van der Waals surface area contributed by atoms with Crippen LogP contribution < -0.4 is 11.1 Å². The van der Waals surface area contributed by atoms with Gasteiger partial charge in [-0.1, -0.05) is 15.9 Å². The van der Waals surface area contributed by atoms with Crippen LogP contribution in [0.3, 0.4) is 0 Å². The molecule has 0 spiro atoms. The zero-order valence-corrected chi connectivity index (χ0v) is 12.3. The molecule has 18 heavy (non-hydrogen) atoms. The molecule has 1 aromatic carbocycles. The number of halogens is 1. The lowest BCUT2D eigenvalue weighted by Crippen LogP contribution is -2.26. The van der Waals surface area contributed by atoms with E-state index in [9.17, 15) is 4.79 Å². The van der Waals surface area contributed by atoms with E-state index in [4.69, 9.17) is 10.5 Å². The summed E-state index contributed by atoms with van der Waals surface area (Å²) in [7, 11) is 0. The second kappa shape index (κ2) is 7.38. The van der Waals surface area contributed by atoms with Crippen LogP contribution in [0.1, 0.15) is 30.6 Å². The monoisotopic (exact) mass is 314 g/mol. The van der Waals surface area contributed by atoms with Crippen molar-refractivity contribution in [3.05, 3.63) is 28.2 Å². The number of carbonyl (C=O) groups excluding carboxylic acids is 1. The number of nitrogens with two attached hydrogens (primary N) is 1. The van der Waals surface area contributed by atoms with E-state index in [1.807, 2.05) is 13.8 Å². The number of rotatable bonds is 6. The van der Waals surface area contributed by atoms with E-state index in [2.05, 4.69) is 21.2 Å². The maximum absolute atomic E-state index is 11.8. The molecule has 0 bridgehead atoms. The Morgan fingerprint density at radius 3 is 2.83 bits per heavy atom. The van der Waals surface area contributed by atoms with E-state index in [1.165, 1.54) is 0 Å². The SMILES string of the molecule is CC(C)OCCCNC(=O)c1ccc(Br)cc1N. The standard InChI is InChI=1S/C13H19BrN2O2/c1-9(2)18-7-3-6-16-13(17)11-5-4-10(14)8-12(11)15/h4-5,8-9H,3,6-7,15H2,1-2H3,(H,16,17). The van der Waals surface area contributed by atoms with Gasteiger partial charge in [0, 0.05) is 23.3 Å². The summed E-state index contributed by atoms with van der Waals surface area (Å²) in [5.41, 5.74) is 6.75. The molecule has 5 heteroatoms. The van der Waals surface area contributed by atoms with Gasteiger partial charge < -0.3 is 15.8 Å². The molecular formula is C13H19BrN2O2. The van der Waals surface area contributed by atoms with Crippen molar-refractivity contribution in [3.8, 4) is 0 Å². The van der Waals surface area contributed by atoms with Crippen LogP contribution in [0.4, 0.5) is 5.69 Å². The molecule has 0 aromatic heterocycles. The Balaban J connectivity index is 2.36. The first-order valence-corrected chi connectivity index (χ1v) is 6.75. The molecule has 1 rings (SSSR count). The molecule has 0 aliphatic heterocycles. The van der Waals surface area contributed by atoms with Crippen LogP contribution in [0.5, 0.6) is 0 Å². The molecule has 100 valence electrons. The normalized spacial score (nSPS) is 10.7. The smallest absolute Gasteiger partial charge is 0.253 e. The molecule has 4 nitrogen and oxygen atoms in total. The molecule has 0 fully saturated rings. The molecule has 3 N–H and O–H groups in total. The van der Waals surface area contributed by atoms with Crippen molar-refractivity contribution in [1.82, 2.24) is 5.32 Å². The summed E-state index contributed by atoms with van der Waals surface area (Å²) in [5, 5.41) is 2.82. The third kappa shape index (κ3) is 5.06. The lowest BCUT2D eigenvalue weighted by atomic mass is 10.1. The van der Waals surface area contributed by atoms with Crippen molar-refractivity contribution in [2.75, 3.05) is 18.9 Å². The molecule has 0 radical (unpaired) electrons. The van der Waals surface area contributed by atoms with Crippen LogP contribution in [0.15, 0.2) is 22.7 Å². The van der Waals surface area contributed by atoms with E-state index in [0.29, 0.717) is 24.4 Å². The quantitative estimate of drug-likeness (QED) is 0.626. The first kappa shape index (κ1) is 15.0. The van der Waals surface area contributed by atoms with Crippen molar-refractivity contribution in [2.45, 2.75) is 26.4 Å². The molecule has 0 saturated heterocycles. The number of hydrogen-bond donors (Lipinski definition) is 2. The van der Waals surface area contributed by atoms with E-state index in [-0.39, 0.29) is 12.0 Å². The number of nitrogens with one attached hydrogen (secondary N) is 1. The molecule has 0 saturated carbocycles. The number of ether oxygens (including phenoxy) is 1. The number of benzene rings is 1. The Kier molecular flexibility index (Phi) is 6.15. The highest BCUT2D eigenvalue weighted by molar-refractivity contribution is 9.10. The summed E-state index contributed by atoms with van der Waals surface area (Å²) in [6, 6.07) is 5.23. The fourth-order valence-electron chi connectivity index (χ4n) is 1.43. The number of anilines is 1. The van der Waals surface area contributed by atoms with Crippen LogP contribution in [-0.2, 0) is 4.74 Å². The van der Waals surface area contributed by atoms with Gasteiger partial charge in [-0.2, -0.15) is 0 Å². The van der Waals surface area contributed by atoms with Crippen molar-refractivity contribution < 1.29 is 9.53 Å². The Bertz CT molecular complexity index is 408. The summed E-state index contributed by atoms with van der Waals surface area (Å²) in [4.78, 5) is 11.8. The Morgan fingerprint density at radius 1 is 1.50 bits per heavy atom. The minimum absolute atomic E-state index is 0.149. The van der Waals surface area contributed by atoms with E-state index < -0.39 is 0 Å². The molecule has 0 aliphatic carbocycles. The highest BCUT2D eigenvalue weighted by Gasteiger charge is 2.08. The van der Waals surface area contributed by atoms with Crippen molar-refractivity contribution in [1.29, 1.82) is 0 Å². The number of carbonyl (C=O) groups is 1. The fraction of sp³-hybridized carbons (Fsp3) is 0.462. The minimum Gasteiger partial charge on any atom is -0.398 e. The number of amides is 1. The minimum atomic E-state index is -0.149. The topological polar surface area (TPSA) is 64.3 Å². The average Bonchev–Trinajstić information content (AvgIpc) is 2.27. The van der Waals surface area contributed by atoms with Gasteiger partial charge in [-0.15, -0.1) is 0 Å². The zero-order valence-electron chi connectivity index (χ0n) is 10.7. The van der Waals surface area contributed by atoms with Gasteiger partial charge in [-0.05, 0) is 38.5 Å². The van der Waals surface area contributed by atoms with Gasteiger partial charge in [0.1, 0.15) is 0 Å². The van der Waals surface area contributed by atoms with Gasteiger partial charge in [0.2, 0.25) is 0 Å². The predicted molar refractivity (Wildman–Crippen MR) is 76.6 cm³/mol. The highest BCUT2D eigenvalue weighted by Crippen LogP contribution is 2.18. The summed E-state index contributed by atoms with van der Waals surface area (Å²) >= 11 is 3.30. The lowest BCUT2D eigenvalue weighted by molar-refractivity contribution is 0.0757. The summed E-state index contributed by atoms with van der Waals surface area (Å²) in [5.74, 6) is -0.149. The Hall–Kier alpha value is -1.07. The lowest BCUT2D eigenvalue weighted by Gasteiger charge is -2.09. The fourth-order valence-corrected chi connectivity index (χ4v) is 1.81. The molecule has 0 aliphatic rings. The maximum Gasteiger partial charge on any atom is 0.253 e. The predicted octanol–water partition coefficient (Wildman–Crippen LogP) is 2.58. The molecular weight excluding hydrogens is 296 g/mol. The number of hydrogen-bond acceptors (Lipinski definition) is 3. The van der Waals surface area contributed by atoms with E-state index >= 15 is 0 Å². The van der Waals surface area contributed by atoms with Crippen molar-refractivity contribution in [3.63, 3.8) is 0 Å². The Morgan fingerprint density at radius 2 is 2.22 bits per heavy atom.